The fourth-order valence-electron chi connectivity index (χ4n) is 4.03. The highest BCUT2D eigenvalue weighted by Gasteiger charge is 2.26. The molecule has 2 aliphatic heterocycles. The number of fused-ring (bicyclic) bond motifs is 1. The summed E-state index contributed by atoms with van der Waals surface area (Å²) in [5.74, 6) is 0.786. The van der Waals surface area contributed by atoms with Gasteiger partial charge in [-0.15, -0.1) is 11.3 Å². The van der Waals surface area contributed by atoms with Gasteiger partial charge in [-0.25, -0.2) is 0 Å². The highest BCUT2D eigenvalue weighted by Crippen LogP contribution is 2.28. The fraction of sp³-hybridized carbons (Fsp3) is 0.524. The number of benzene rings is 1. The van der Waals surface area contributed by atoms with E-state index in [2.05, 4.69) is 12.1 Å². The molecule has 1 aromatic carbocycles. The summed E-state index contributed by atoms with van der Waals surface area (Å²) in [6, 6.07) is 10.1. The summed E-state index contributed by atoms with van der Waals surface area (Å²) in [4.78, 5) is 30.0. The van der Waals surface area contributed by atoms with Gasteiger partial charge in [-0.3, -0.25) is 9.59 Å². The third-order valence-electron chi connectivity index (χ3n) is 5.57. The summed E-state index contributed by atoms with van der Waals surface area (Å²) in [7, 11) is 0. The number of ether oxygens (including phenoxy) is 1. The number of rotatable bonds is 4. The van der Waals surface area contributed by atoms with Crippen LogP contribution < -0.4 is 0 Å². The molecule has 0 bridgehead atoms. The number of nitrogens with zero attached hydrogens (tertiary/aromatic N) is 2. The van der Waals surface area contributed by atoms with Gasteiger partial charge in [0.05, 0.1) is 18.1 Å². The fourth-order valence-corrected chi connectivity index (χ4v) is 5.06. The SMILES string of the molecule is O=C(CCC1CCCN(C(=O)c2cc3ccccc3s2)C1)N1CCOCC1. The van der Waals surface area contributed by atoms with E-state index in [1.54, 1.807) is 11.3 Å². The molecule has 144 valence electrons. The lowest BCUT2D eigenvalue weighted by Crippen LogP contribution is -2.42. The molecule has 2 saturated heterocycles. The standard InChI is InChI=1S/C21H26N2O3S/c24-20(22-10-12-26-13-11-22)8-7-16-4-3-9-23(15-16)21(25)19-14-17-5-1-2-6-18(17)27-19/h1-2,5-6,14,16H,3-4,7-13,15H2. The molecule has 1 unspecified atom stereocenters. The van der Waals surface area contributed by atoms with E-state index >= 15 is 0 Å². The second-order valence-electron chi connectivity index (χ2n) is 7.44. The van der Waals surface area contributed by atoms with Crippen molar-refractivity contribution in [2.24, 2.45) is 5.92 Å². The Morgan fingerprint density at radius 2 is 1.93 bits per heavy atom. The minimum Gasteiger partial charge on any atom is -0.378 e. The molecular formula is C21H26N2O3S. The van der Waals surface area contributed by atoms with Gasteiger partial charge in [0.2, 0.25) is 5.91 Å². The van der Waals surface area contributed by atoms with Gasteiger partial charge in [-0.2, -0.15) is 0 Å². The van der Waals surface area contributed by atoms with Crippen LogP contribution in [0.4, 0.5) is 0 Å². The molecule has 0 N–H and O–H groups in total. The molecule has 1 atom stereocenters. The second-order valence-corrected chi connectivity index (χ2v) is 8.52. The first-order valence-electron chi connectivity index (χ1n) is 9.84. The lowest BCUT2D eigenvalue weighted by molar-refractivity contribution is -0.135. The van der Waals surface area contributed by atoms with E-state index in [1.165, 1.54) is 0 Å². The van der Waals surface area contributed by atoms with E-state index < -0.39 is 0 Å². The third-order valence-corrected chi connectivity index (χ3v) is 6.68. The van der Waals surface area contributed by atoms with Crippen LogP contribution in [-0.2, 0) is 9.53 Å². The van der Waals surface area contributed by atoms with E-state index in [9.17, 15) is 9.59 Å². The van der Waals surface area contributed by atoms with Crippen LogP contribution in [-0.4, -0.2) is 61.0 Å². The van der Waals surface area contributed by atoms with Gasteiger partial charge in [0.15, 0.2) is 0 Å². The van der Waals surface area contributed by atoms with Gasteiger partial charge >= 0.3 is 0 Å². The lowest BCUT2D eigenvalue weighted by Gasteiger charge is -2.33. The molecule has 2 aliphatic rings. The third kappa shape index (κ3) is 4.33. The summed E-state index contributed by atoms with van der Waals surface area (Å²) in [6.07, 6.45) is 3.57. The lowest BCUT2D eigenvalue weighted by atomic mass is 9.93. The summed E-state index contributed by atoms with van der Waals surface area (Å²) in [6.45, 7) is 4.30. The summed E-state index contributed by atoms with van der Waals surface area (Å²) >= 11 is 1.57. The number of piperidine rings is 1. The monoisotopic (exact) mass is 386 g/mol. The number of hydrogen-bond donors (Lipinski definition) is 0. The van der Waals surface area contributed by atoms with Crippen molar-refractivity contribution in [1.29, 1.82) is 0 Å². The molecule has 3 heterocycles. The topological polar surface area (TPSA) is 49.9 Å². The van der Waals surface area contributed by atoms with Crippen LogP contribution in [0, 0.1) is 5.92 Å². The Labute approximate surface area is 163 Å². The second kappa shape index (κ2) is 8.40. The molecule has 5 nitrogen and oxygen atoms in total. The molecule has 1 aromatic heterocycles. The molecule has 0 radical (unpaired) electrons. The van der Waals surface area contributed by atoms with Gasteiger partial charge in [0.25, 0.3) is 5.91 Å². The van der Waals surface area contributed by atoms with Gasteiger partial charge in [-0.05, 0) is 42.7 Å². The Kier molecular flexibility index (Phi) is 5.74. The number of likely N-dealkylation sites (tertiary alicyclic amines) is 1. The highest BCUT2D eigenvalue weighted by atomic mass is 32.1. The van der Waals surface area contributed by atoms with Gasteiger partial charge < -0.3 is 14.5 Å². The largest absolute Gasteiger partial charge is 0.378 e. The van der Waals surface area contributed by atoms with Gasteiger partial charge in [0.1, 0.15) is 0 Å². The van der Waals surface area contributed by atoms with Gasteiger partial charge in [0, 0.05) is 37.3 Å². The van der Waals surface area contributed by atoms with Crippen molar-refractivity contribution in [3.8, 4) is 0 Å². The van der Waals surface area contributed by atoms with Crippen molar-refractivity contribution in [1.82, 2.24) is 9.80 Å². The van der Waals surface area contributed by atoms with Crippen molar-refractivity contribution < 1.29 is 14.3 Å². The maximum absolute atomic E-state index is 12.9. The van der Waals surface area contributed by atoms with Gasteiger partial charge in [-0.1, -0.05) is 18.2 Å². The minimum atomic E-state index is 0.139. The number of carbonyl (C=O) groups excluding carboxylic acids is 2. The molecule has 27 heavy (non-hydrogen) atoms. The van der Waals surface area contributed by atoms with Crippen molar-refractivity contribution in [2.75, 3.05) is 39.4 Å². The molecule has 0 saturated carbocycles. The molecule has 2 fully saturated rings. The zero-order valence-corrected chi connectivity index (χ0v) is 16.4. The molecule has 0 aliphatic carbocycles. The number of morpholine rings is 1. The Bertz CT molecular complexity index is 780. The van der Waals surface area contributed by atoms with Crippen LogP contribution in [0.15, 0.2) is 30.3 Å². The van der Waals surface area contributed by atoms with Crippen LogP contribution in [0.5, 0.6) is 0 Å². The smallest absolute Gasteiger partial charge is 0.263 e. The first kappa shape index (κ1) is 18.4. The van der Waals surface area contributed by atoms with Crippen molar-refractivity contribution in [3.05, 3.63) is 35.2 Å². The van der Waals surface area contributed by atoms with Crippen molar-refractivity contribution in [2.45, 2.75) is 25.7 Å². The first-order valence-corrected chi connectivity index (χ1v) is 10.7. The van der Waals surface area contributed by atoms with Crippen LogP contribution in [0.3, 0.4) is 0 Å². The maximum atomic E-state index is 12.9. The maximum Gasteiger partial charge on any atom is 0.263 e. The zero-order chi connectivity index (χ0) is 18.6. The number of carbonyl (C=O) groups is 2. The normalized spacial score (nSPS) is 20.8. The summed E-state index contributed by atoms with van der Waals surface area (Å²) < 4.78 is 6.47. The number of hydrogen-bond acceptors (Lipinski definition) is 4. The molecular weight excluding hydrogens is 360 g/mol. The Morgan fingerprint density at radius 1 is 1.11 bits per heavy atom. The van der Waals surface area contributed by atoms with Crippen molar-refractivity contribution in [3.63, 3.8) is 0 Å². The molecule has 2 aromatic rings. The zero-order valence-electron chi connectivity index (χ0n) is 15.6. The molecule has 0 spiro atoms. The highest BCUT2D eigenvalue weighted by molar-refractivity contribution is 7.20. The first-order chi connectivity index (χ1) is 13.2. The van der Waals surface area contributed by atoms with Crippen LogP contribution in [0.2, 0.25) is 0 Å². The van der Waals surface area contributed by atoms with Crippen LogP contribution in [0.25, 0.3) is 10.1 Å². The Morgan fingerprint density at radius 3 is 2.74 bits per heavy atom. The van der Waals surface area contributed by atoms with Crippen LogP contribution >= 0.6 is 11.3 Å². The molecule has 6 heteroatoms. The van der Waals surface area contributed by atoms with E-state index in [4.69, 9.17) is 4.74 Å². The summed E-state index contributed by atoms with van der Waals surface area (Å²) in [5.41, 5.74) is 0. The molecule has 2 amide bonds. The van der Waals surface area contributed by atoms with E-state index in [1.807, 2.05) is 28.0 Å². The van der Waals surface area contributed by atoms with E-state index in [-0.39, 0.29) is 11.8 Å². The average Bonchev–Trinajstić information content (AvgIpc) is 3.16. The Hall–Kier alpha value is -1.92. The van der Waals surface area contributed by atoms with Crippen LogP contribution in [0.1, 0.15) is 35.4 Å². The number of thiophene rings is 1. The van der Waals surface area contributed by atoms with Crippen molar-refractivity contribution >= 4 is 33.2 Å². The van der Waals surface area contributed by atoms with E-state index in [0.717, 1.165) is 47.3 Å². The quantitative estimate of drug-likeness (QED) is 0.809. The summed E-state index contributed by atoms with van der Waals surface area (Å²) in [5, 5.41) is 1.13. The van der Waals surface area contributed by atoms with E-state index in [0.29, 0.717) is 38.6 Å². The predicted octanol–water partition coefficient (Wildman–Crippen LogP) is 3.39. The number of amides is 2. The average molecular weight is 387 g/mol. The Balaban J connectivity index is 1.33. The molecule has 4 rings (SSSR count). The predicted molar refractivity (Wildman–Crippen MR) is 107 cm³/mol. The minimum absolute atomic E-state index is 0.139.